The second-order valence-electron chi connectivity index (χ2n) is 4.75. The molecule has 0 bridgehead atoms. The standard InChI is InChI=1S/C17H14N4O/c1-12(20-21-17(22)13-7-3-2-4-8-13)16-11-18-14-9-5-6-10-15(14)19-16/h2-11H,1H3,(H,21,22)/b20-12-. The number of carbonyl (C=O) groups is 1. The summed E-state index contributed by atoms with van der Waals surface area (Å²) < 4.78 is 0. The molecule has 0 radical (unpaired) electrons. The Bertz CT molecular complexity index is 843. The zero-order valence-corrected chi connectivity index (χ0v) is 12.0. The molecule has 2 aromatic carbocycles. The zero-order chi connectivity index (χ0) is 15.4. The van der Waals surface area contributed by atoms with Crippen molar-refractivity contribution in [3.05, 3.63) is 72.1 Å². The summed E-state index contributed by atoms with van der Waals surface area (Å²) in [5.41, 5.74) is 5.94. The van der Waals surface area contributed by atoms with E-state index in [2.05, 4.69) is 20.5 Å². The summed E-state index contributed by atoms with van der Waals surface area (Å²) in [5.74, 6) is -0.256. The van der Waals surface area contributed by atoms with Gasteiger partial charge in [0.25, 0.3) is 5.91 Å². The van der Waals surface area contributed by atoms with Crippen LogP contribution in [0, 0.1) is 0 Å². The molecule has 1 heterocycles. The number of nitrogens with one attached hydrogen (secondary N) is 1. The van der Waals surface area contributed by atoms with Crippen molar-refractivity contribution in [2.75, 3.05) is 0 Å². The number of carbonyl (C=O) groups excluding carboxylic acids is 1. The molecule has 3 aromatic rings. The maximum Gasteiger partial charge on any atom is 0.271 e. The summed E-state index contributed by atoms with van der Waals surface area (Å²) in [5, 5.41) is 4.09. The number of benzene rings is 2. The lowest BCUT2D eigenvalue weighted by Crippen LogP contribution is -2.19. The number of aromatic nitrogens is 2. The van der Waals surface area contributed by atoms with Crippen LogP contribution in [-0.4, -0.2) is 21.6 Å². The number of amides is 1. The first kappa shape index (κ1) is 13.9. The lowest BCUT2D eigenvalue weighted by atomic mass is 10.2. The van der Waals surface area contributed by atoms with Crippen molar-refractivity contribution in [1.29, 1.82) is 0 Å². The number of nitrogens with zero attached hydrogens (tertiary/aromatic N) is 3. The van der Waals surface area contributed by atoms with Crippen LogP contribution in [0.4, 0.5) is 0 Å². The van der Waals surface area contributed by atoms with E-state index in [1.54, 1.807) is 37.4 Å². The fourth-order valence-corrected chi connectivity index (χ4v) is 1.98. The van der Waals surface area contributed by atoms with Crippen LogP contribution in [0.5, 0.6) is 0 Å². The van der Waals surface area contributed by atoms with Crippen molar-refractivity contribution >= 4 is 22.7 Å². The molecular weight excluding hydrogens is 276 g/mol. The van der Waals surface area contributed by atoms with E-state index in [4.69, 9.17) is 0 Å². The maximum atomic E-state index is 11.9. The largest absolute Gasteiger partial charge is 0.271 e. The van der Waals surface area contributed by atoms with Crippen molar-refractivity contribution in [1.82, 2.24) is 15.4 Å². The van der Waals surface area contributed by atoms with Crippen molar-refractivity contribution < 1.29 is 4.79 Å². The van der Waals surface area contributed by atoms with Crippen LogP contribution in [0.25, 0.3) is 11.0 Å². The maximum absolute atomic E-state index is 11.9. The average Bonchev–Trinajstić information content (AvgIpc) is 2.59. The summed E-state index contributed by atoms with van der Waals surface area (Å²) in [6, 6.07) is 16.5. The Morgan fingerprint density at radius 2 is 1.68 bits per heavy atom. The molecule has 5 heteroatoms. The lowest BCUT2D eigenvalue weighted by molar-refractivity contribution is 0.0955. The first-order valence-electron chi connectivity index (χ1n) is 6.86. The van der Waals surface area contributed by atoms with Crippen LogP contribution in [0.3, 0.4) is 0 Å². The molecule has 0 saturated carbocycles. The van der Waals surface area contributed by atoms with Gasteiger partial charge in [-0.3, -0.25) is 9.78 Å². The molecule has 108 valence electrons. The Hall–Kier alpha value is -3.08. The molecule has 0 atom stereocenters. The molecule has 1 amide bonds. The van der Waals surface area contributed by atoms with E-state index in [0.717, 1.165) is 11.0 Å². The van der Waals surface area contributed by atoms with Gasteiger partial charge >= 0.3 is 0 Å². The van der Waals surface area contributed by atoms with Gasteiger partial charge in [-0.2, -0.15) is 5.10 Å². The Balaban J connectivity index is 1.80. The first-order chi connectivity index (χ1) is 10.7. The molecule has 0 aliphatic rings. The smallest absolute Gasteiger partial charge is 0.267 e. The molecule has 0 aliphatic carbocycles. The van der Waals surface area contributed by atoms with E-state index >= 15 is 0 Å². The van der Waals surface area contributed by atoms with Gasteiger partial charge in [0.15, 0.2) is 0 Å². The van der Waals surface area contributed by atoms with Gasteiger partial charge in [-0.1, -0.05) is 30.3 Å². The molecule has 0 saturated heterocycles. The Morgan fingerprint density at radius 3 is 2.45 bits per heavy atom. The molecular formula is C17H14N4O. The third-order valence-electron chi connectivity index (χ3n) is 3.18. The number of hydrazone groups is 1. The summed E-state index contributed by atoms with van der Waals surface area (Å²) >= 11 is 0. The van der Waals surface area contributed by atoms with E-state index in [-0.39, 0.29) is 5.91 Å². The third kappa shape index (κ3) is 2.98. The van der Waals surface area contributed by atoms with Gasteiger partial charge < -0.3 is 0 Å². The molecule has 5 nitrogen and oxygen atoms in total. The van der Waals surface area contributed by atoms with Crippen LogP contribution in [0.2, 0.25) is 0 Å². The van der Waals surface area contributed by atoms with E-state index < -0.39 is 0 Å². The van der Waals surface area contributed by atoms with Gasteiger partial charge in [-0.25, -0.2) is 10.4 Å². The molecule has 0 fully saturated rings. The van der Waals surface area contributed by atoms with Crippen LogP contribution in [0.15, 0.2) is 65.9 Å². The Labute approximate surface area is 127 Å². The second-order valence-corrected chi connectivity index (χ2v) is 4.75. The second kappa shape index (κ2) is 6.13. The van der Waals surface area contributed by atoms with Crippen molar-refractivity contribution in [2.45, 2.75) is 6.92 Å². The number of hydrogen-bond donors (Lipinski definition) is 1. The van der Waals surface area contributed by atoms with Gasteiger partial charge in [0.05, 0.1) is 22.9 Å². The van der Waals surface area contributed by atoms with Crippen LogP contribution < -0.4 is 5.43 Å². The molecule has 1 N–H and O–H groups in total. The summed E-state index contributed by atoms with van der Waals surface area (Å²) in [6.07, 6.45) is 1.65. The number of para-hydroxylation sites is 2. The highest BCUT2D eigenvalue weighted by atomic mass is 16.2. The van der Waals surface area contributed by atoms with Gasteiger partial charge in [-0.15, -0.1) is 0 Å². The molecule has 3 rings (SSSR count). The van der Waals surface area contributed by atoms with Crippen LogP contribution >= 0.6 is 0 Å². The fraction of sp³-hybridized carbons (Fsp3) is 0.0588. The zero-order valence-electron chi connectivity index (χ0n) is 12.0. The highest BCUT2D eigenvalue weighted by Gasteiger charge is 2.05. The van der Waals surface area contributed by atoms with E-state index in [0.29, 0.717) is 17.0 Å². The van der Waals surface area contributed by atoms with Gasteiger partial charge in [0.2, 0.25) is 0 Å². The predicted octanol–water partition coefficient (Wildman–Crippen LogP) is 2.78. The average molecular weight is 290 g/mol. The topological polar surface area (TPSA) is 67.2 Å². The first-order valence-corrected chi connectivity index (χ1v) is 6.86. The normalized spacial score (nSPS) is 11.4. The highest BCUT2D eigenvalue weighted by Crippen LogP contribution is 2.09. The SMILES string of the molecule is C/C(=N/NC(=O)c1ccccc1)c1cnc2ccccc2n1. The molecule has 0 spiro atoms. The molecule has 1 aromatic heterocycles. The minimum Gasteiger partial charge on any atom is -0.267 e. The van der Waals surface area contributed by atoms with Crippen LogP contribution in [0.1, 0.15) is 23.0 Å². The molecule has 22 heavy (non-hydrogen) atoms. The monoisotopic (exact) mass is 290 g/mol. The van der Waals surface area contributed by atoms with E-state index in [1.807, 2.05) is 30.3 Å². The van der Waals surface area contributed by atoms with Crippen molar-refractivity contribution in [3.63, 3.8) is 0 Å². The van der Waals surface area contributed by atoms with Gasteiger partial charge in [-0.05, 0) is 31.2 Å². The fourth-order valence-electron chi connectivity index (χ4n) is 1.98. The molecule has 0 unspecified atom stereocenters. The predicted molar refractivity (Wildman–Crippen MR) is 85.7 cm³/mol. The molecule has 0 aliphatic heterocycles. The minimum absolute atomic E-state index is 0.256. The number of rotatable bonds is 3. The number of fused-ring (bicyclic) bond motifs is 1. The van der Waals surface area contributed by atoms with Crippen molar-refractivity contribution in [2.24, 2.45) is 5.10 Å². The van der Waals surface area contributed by atoms with E-state index in [1.165, 1.54) is 0 Å². The van der Waals surface area contributed by atoms with Gasteiger partial charge in [0.1, 0.15) is 5.69 Å². The third-order valence-corrected chi connectivity index (χ3v) is 3.18. The lowest BCUT2D eigenvalue weighted by Gasteiger charge is -2.03. The highest BCUT2D eigenvalue weighted by molar-refractivity contribution is 6.00. The summed E-state index contributed by atoms with van der Waals surface area (Å²) in [7, 11) is 0. The van der Waals surface area contributed by atoms with E-state index in [9.17, 15) is 4.79 Å². The Morgan fingerprint density at radius 1 is 1.00 bits per heavy atom. The Kier molecular flexibility index (Phi) is 3.87. The summed E-state index contributed by atoms with van der Waals surface area (Å²) in [6.45, 7) is 1.78. The van der Waals surface area contributed by atoms with Crippen molar-refractivity contribution in [3.8, 4) is 0 Å². The quantitative estimate of drug-likeness (QED) is 0.596. The minimum atomic E-state index is -0.256. The number of hydrogen-bond acceptors (Lipinski definition) is 4. The van der Waals surface area contributed by atoms with Crippen LogP contribution in [-0.2, 0) is 0 Å². The van der Waals surface area contributed by atoms with Gasteiger partial charge in [0, 0.05) is 5.56 Å². The summed E-state index contributed by atoms with van der Waals surface area (Å²) in [4.78, 5) is 20.8.